The van der Waals surface area contributed by atoms with Gasteiger partial charge in [-0.1, -0.05) is 140 Å². The predicted octanol–water partition coefficient (Wildman–Crippen LogP) is 12.3. The Kier molecular flexibility index (Phi) is 5.99. The summed E-state index contributed by atoms with van der Waals surface area (Å²) in [6.45, 7) is 0. The molecule has 12 rings (SSSR count). The molecule has 0 saturated carbocycles. The van der Waals surface area contributed by atoms with Gasteiger partial charge in [-0.05, 0) is 47.2 Å². The Balaban J connectivity index is 1.29. The molecular formula is C49H29N5. The second-order valence-electron chi connectivity index (χ2n) is 14.0. The van der Waals surface area contributed by atoms with E-state index in [1.807, 2.05) is 36.4 Å². The summed E-state index contributed by atoms with van der Waals surface area (Å²) < 4.78 is 4.99. The normalized spacial score (nSPS) is 12.1. The molecule has 0 saturated heterocycles. The Hall–Kier alpha value is -7.37. The van der Waals surface area contributed by atoms with Crippen molar-refractivity contribution >= 4 is 76.2 Å². The highest BCUT2D eigenvalue weighted by atomic mass is 15.0. The van der Waals surface area contributed by atoms with Crippen molar-refractivity contribution in [3.8, 4) is 34.2 Å². The molecule has 54 heavy (non-hydrogen) atoms. The molecule has 0 aliphatic heterocycles. The van der Waals surface area contributed by atoms with Crippen LogP contribution in [0, 0.1) is 0 Å². The molecule has 5 nitrogen and oxygen atoms in total. The molecule has 0 aliphatic carbocycles. The standard InChI is InChI=1S/C49H29N5/c1-3-14-30(15-4-1)47-50-48(31-16-5-2-6-17-31)52-49(51-47)33-26-27-42-39(28-33)44-34-19-8-7-18-32(34)29-43-46(44)53(42)40-24-11-9-20-35(40)37-22-13-23-38-36-21-10-12-25-41(36)54(43)45(37)38/h1-29H. The third-order valence-electron chi connectivity index (χ3n) is 11.1. The number of nitrogens with zero attached hydrogens (tertiary/aromatic N) is 5. The fourth-order valence-corrected chi connectivity index (χ4v) is 8.75. The molecule has 8 aromatic carbocycles. The molecule has 0 aliphatic rings. The minimum atomic E-state index is 0.640. The Bertz CT molecular complexity index is 3430. The van der Waals surface area contributed by atoms with Crippen LogP contribution in [0.25, 0.3) is 110 Å². The number of para-hydroxylation sites is 3. The minimum absolute atomic E-state index is 0.640. The maximum absolute atomic E-state index is 5.12. The second kappa shape index (κ2) is 11.1. The largest absolute Gasteiger partial charge is 0.307 e. The van der Waals surface area contributed by atoms with Crippen LogP contribution in [0.5, 0.6) is 0 Å². The maximum atomic E-state index is 5.12. The first-order chi connectivity index (χ1) is 26.8. The van der Waals surface area contributed by atoms with E-state index in [1.165, 1.54) is 54.3 Å². The summed E-state index contributed by atoms with van der Waals surface area (Å²) in [5.74, 6) is 1.94. The van der Waals surface area contributed by atoms with Crippen molar-refractivity contribution < 1.29 is 0 Å². The topological polar surface area (TPSA) is 47.5 Å². The van der Waals surface area contributed by atoms with Crippen molar-refractivity contribution in [1.82, 2.24) is 23.8 Å². The Morgan fingerprint density at radius 3 is 1.41 bits per heavy atom. The van der Waals surface area contributed by atoms with E-state index in [2.05, 4.69) is 148 Å². The van der Waals surface area contributed by atoms with Crippen LogP contribution in [0.1, 0.15) is 0 Å². The zero-order valence-electron chi connectivity index (χ0n) is 29.0. The zero-order valence-corrected chi connectivity index (χ0v) is 29.0. The Morgan fingerprint density at radius 2 is 0.778 bits per heavy atom. The van der Waals surface area contributed by atoms with Gasteiger partial charge in [0.25, 0.3) is 0 Å². The third kappa shape index (κ3) is 4.06. The molecular weight excluding hydrogens is 659 g/mol. The summed E-state index contributed by atoms with van der Waals surface area (Å²) in [4.78, 5) is 15.2. The van der Waals surface area contributed by atoms with Gasteiger partial charge in [0.2, 0.25) is 0 Å². The smallest absolute Gasteiger partial charge is 0.164 e. The summed E-state index contributed by atoms with van der Waals surface area (Å²) in [6.07, 6.45) is 0. The van der Waals surface area contributed by atoms with Crippen LogP contribution in [0.15, 0.2) is 176 Å². The lowest BCUT2D eigenvalue weighted by Gasteiger charge is -2.12. The van der Waals surface area contributed by atoms with E-state index >= 15 is 0 Å². The van der Waals surface area contributed by atoms with Gasteiger partial charge in [-0.15, -0.1) is 0 Å². The lowest BCUT2D eigenvalue weighted by Crippen LogP contribution is -2.00. The summed E-state index contributed by atoms with van der Waals surface area (Å²) in [5, 5.41) is 9.68. The molecule has 4 heterocycles. The van der Waals surface area contributed by atoms with E-state index in [4.69, 9.17) is 15.0 Å². The molecule has 4 aromatic heterocycles. The van der Waals surface area contributed by atoms with E-state index in [1.54, 1.807) is 0 Å². The summed E-state index contributed by atoms with van der Waals surface area (Å²) in [6, 6.07) is 62.6. The molecule has 0 fully saturated rings. The van der Waals surface area contributed by atoms with Crippen LogP contribution in [-0.2, 0) is 0 Å². The fraction of sp³-hybridized carbons (Fsp3) is 0. The number of rotatable bonds is 3. The molecule has 250 valence electrons. The average molecular weight is 688 g/mol. The number of fused-ring (bicyclic) bond motifs is 12. The number of aromatic nitrogens is 5. The van der Waals surface area contributed by atoms with Gasteiger partial charge in [0, 0.05) is 49.0 Å². The van der Waals surface area contributed by atoms with E-state index in [-0.39, 0.29) is 0 Å². The first-order valence-electron chi connectivity index (χ1n) is 18.3. The van der Waals surface area contributed by atoms with Gasteiger partial charge < -0.3 is 8.80 Å². The van der Waals surface area contributed by atoms with Crippen LogP contribution in [-0.4, -0.2) is 23.8 Å². The Labute approximate surface area is 309 Å². The van der Waals surface area contributed by atoms with Crippen LogP contribution >= 0.6 is 0 Å². The van der Waals surface area contributed by atoms with Crippen LogP contribution in [0.3, 0.4) is 0 Å². The van der Waals surface area contributed by atoms with Crippen LogP contribution in [0.4, 0.5) is 0 Å². The van der Waals surface area contributed by atoms with Gasteiger partial charge >= 0.3 is 0 Å². The van der Waals surface area contributed by atoms with E-state index < -0.39 is 0 Å². The van der Waals surface area contributed by atoms with Gasteiger partial charge in [0.15, 0.2) is 17.5 Å². The zero-order chi connectivity index (χ0) is 35.3. The number of benzene rings is 8. The molecule has 5 heteroatoms. The van der Waals surface area contributed by atoms with E-state index in [0.717, 1.165) is 38.6 Å². The van der Waals surface area contributed by atoms with Crippen molar-refractivity contribution in [2.75, 3.05) is 0 Å². The van der Waals surface area contributed by atoms with E-state index in [0.29, 0.717) is 17.5 Å². The highest BCUT2D eigenvalue weighted by Gasteiger charge is 2.22. The van der Waals surface area contributed by atoms with E-state index in [9.17, 15) is 0 Å². The van der Waals surface area contributed by atoms with Crippen LogP contribution < -0.4 is 0 Å². The van der Waals surface area contributed by atoms with Crippen molar-refractivity contribution in [3.63, 3.8) is 0 Å². The molecule has 12 aromatic rings. The van der Waals surface area contributed by atoms with Crippen molar-refractivity contribution in [1.29, 1.82) is 0 Å². The van der Waals surface area contributed by atoms with Gasteiger partial charge in [-0.3, -0.25) is 0 Å². The molecule has 0 bridgehead atoms. The monoisotopic (exact) mass is 687 g/mol. The Morgan fingerprint density at radius 1 is 0.296 bits per heavy atom. The predicted molar refractivity (Wildman–Crippen MR) is 223 cm³/mol. The molecule has 0 spiro atoms. The SMILES string of the molecule is c1ccc(-c2nc(-c3ccccc3)nc(-c3ccc4c(c3)c3c5ccccc5cc5c3n4c3ccccc3c3cccc4c6ccccc6n5c43)n2)cc1. The molecule has 0 radical (unpaired) electrons. The van der Waals surface area contributed by atoms with Gasteiger partial charge in [0.05, 0.1) is 33.1 Å². The summed E-state index contributed by atoms with van der Waals surface area (Å²) in [5.41, 5.74) is 9.89. The average Bonchev–Trinajstić information content (AvgIpc) is 3.77. The maximum Gasteiger partial charge on any atom is 0.164 e. The minimum Gasteiger partial charge on any atom is -0.307 e. The lowest BCUT2D eigenvalue weighted by atomic mass is 10.0. The highest BCUT2D eigenvalue weighted by Crippen LogP contribution is 2.43. The first-order valence-corrected chi connectivity index (χ1v) is 18.3. The van der Waals surface area contributed by atoms with Gasteiger partial charge in [0.1, 0.15) is 0 Å². The fourth-order valence-electron chi connectivity index (χ4n) is 8.75. The third-order valence-corrected chi connectivity index (χ3v) is 11.1. The quantitative estimate of drug-likeness (QED) is 0.186. The molecule has 0 unspecified atom stereocenters. The lowest BCUT2D eigenvalue weighted by molar-refractivity contribution is 1.07. The van der Waals surface area contributed by atoms with Crippen molar-refractivity contribution in [2.45, 2.75) is 0 Å². The number of hydrogen-bond acceptors (Lipinski definition) is 3. The molecule has 0 N–H and O–H groups in total. The molecule has 0 atom stereocenters. The van der Waals surface area contributed by atoms with Crippen molar-refractivity contribution in [3.05, 3.63) is 176 Å². The van der Waals surface area contributed by atoms with Crippen molar-refractivity contribution in [2.24, 2.45) is 0 Å². The first kappa shape index (κ1) is 29.2. The number of hydrogen-bond donors (Lipinski definition) is 0. The molecule has 0 amide bonds. The summed E-state index contributed by atoms with van der Waals surface area (Å²) >= 11 is 0. The summed E-state index contributed by atoms with van der Waals surface area (Å²) in [7, 11) is 0. The second-order valence-corrected chi connectivity index (χ2v) is 14.0. The highest BCUT2D eigenvalue weighted by molar-refractivity contribution is 6.29. The van der Waals surface area contributed by atoms with Gasteiger partial charge in [-0.25, -0.2) is 15.0 Å². The van der Waals surface area contributed by atoms with Crippen LogP contribution in [0.2, 0.25) is 0 Å². The van der Waals surface area contributed by atoms with Gasteiger partial charge in [-0.2, -0.15) is 0 Å².